The van der Waals surface area contributed by atoms with Crippen LogP contribution < -0.4 is 5.32 Å². The van der Waals surface area contributed by atoms with Crippen LogP contribution in [0.2, 0.25) is 5.02 Å². The third-order valence-electron chi connectivity index (χ3n) is 4.06. The molecule has 0 aromatic heterocycles. The van der Waals surface area contributed by atoms with Crippen molar-refractivity contribution >= 4 is 17.5 Å². The second kappa shape index (κ2) is 6.34. The number of benzene rings is 1. The molecule has 1 amide bonds. The van der Waals surface area contributed by atoms with Crippen LogP contribution in [-0.4, -0.2) is 36.9 Å². The third-order valence-corrected chi connectivity index (χ3v) is 4.31. The van der Waals surface area contributed by atoms with E-state index >= 15 is 0 Å². The second-order valence-corrected chi connectivity index (χ2v) is 6.45. The lowest BCUT2D eigenvalue weighted by molar-refractivity contribution is -0.124. The summed E-state index contributed by atoms with van der Waals surface area (Å²) in [5.74, 6) is -0.0254. The zero-order valence-corrected chi connectivity index (χ0v) is 13.2. The van der Waals surface area contributed by atoms with Crippen LogP contribution in [0, 0.1) is 0 Å². The lowest BCUT2D eigenvalue weighted by Gasteiger charge is -2.25. The summed E-state index contributed by atoms with van der Waals surface area (Å²) in [4.78, 5) is 12.4. The van der Waals surface area contributed by atoms with Gasteiger partial charge in [0.1, 0.15) is 0 Å². The SMILES string of the molecule is COCCC(C)(O)CNC(=O)C1(c2ccc(Cl)cc2)CC1. The zero-order chi connectivity index (χ0) is 15.5. The van der Waals surface area contributed by atoms with E-state index < -0.39 is 11.0 Å². The monoisotopic (exact) mass is 311 g/mol. The Morgan fingerprint density at radius 3 is 2.57 bits per heavy atom. The van der Waals surface area contributed by atoms with Crippen molar-refractivity contribution in [1.82, 2.24) is 5.32 Å². The Morgan fingerprint density at radius 2 is 2.05 bits per heavy atom. The van der Waals surface area contributed by atoms with Gasteiger partial charge < -0.3 is 15.2 Å². The van der Waals surface area contributed by atoms with Crippen molar-refractivity contribution in [2.45, 2.75) is 37.2 Å². The first-order valence-corrected chi connectivity index (χ1v) is 7.53. The molecule has 1 aliphatic carbocycles. The highest BCUT2D eigenvalue weighted by atomic mass is 35.5. The zero-order valence-electron chi connectivity index (χ0n) is 12.5. The van der Waals surface area contributed by atoms with Gasteiger partial charge in [-0.1, -0.05) is 23.7 Å². The quantitative estimate of drug-likeness (QED) is 0.812. The summed E-state index contributed by atoms with van der Waals surface area (Å²) in [7, 11) is 1.59. The van der Waals surface area contributed by atoms with Crippen molar-refractivity contribution in [2.24, 2.45) is 0 Å². The van der Waals surface area contributed by atoms with Crippen LogP contribution in [0.5, 0.6) is 0 Å². The predicted octanol–water partition coefficient (Wildman–Crippen LogP) is 2.28. The summed E-state index contributed by atoms with van der Waals surface area (Å²) in [6.45, 7) is 2.39. The lowest BCUT2D eigenvalue weighted by atomic mass is 9.94. The molecule has 1 aromatic carbocycles. The van der Waals surface area contributed by atoms with Crippen LogP contribution in [0.25, 0.3) is 0 Å². The van der Waals surface area contributed by atoms with E-state index in [-0.39, 0.29) is 12.5 Å². The summed E-state index contributed by atoms with van der Waals surface area (Å²) in [6, 6.07) is 7.41. The van der Waals surface area contributed by atoms with Crippen LogP contribution in [-0.2, 0) is 14.9 Å². The minimum absolute atomic E-state index is 0.0254. The van der Waals surface area contributed by atoms with Gasteiger partial charge in [-0.3, -0.25) is 4.79 Å². The molecule has 21 heavy (non-hydrogen) atoms. The van der Waals surface area contributed by atoms with E-state index in [0.717, 1.165) is 18.4 Å². The van der Waals surface area contributed by atoms with Crippen molar-refractivity contribution in [3.8, 4) is 0 Å². The van der Waals surface area contributed by atoms with Crippen molar-refractivity contribution in [3.63, 3.8) is 0 Å². The summed E-state index contributed by atoms with van der Waals surface area (Å²) in [6.07, 6.45) is 2.15. The molecule has 0 saturated heterocycles. The number of rotatable bonds is 7. The van der Waals surface area contributed by atoms with Crippen molar-refractivity contribution in [2.75, 3.05) is 20.3 Å². The summed E-state index contributed by atoms with van der Waals surface area (Å²) < 4.78 is 4.96. The van der Waals surface area contributed by atoms with Crippen LogP contribution >= 0.6 is 11.6 Å². The molecule has 1 atom stereocenters. The average molecular weight is 312 g/mol. The fourth-order valence-corrected chi connectivity index (χ4v) is 2.52. The first-order valence-electron chi connectivity index (χ1n) is 7.15. The van der Waals surface area contributed by atoms with Crippen LogP contribution in [0.4, 0.5) is 0 Å². The van der Waals surface area contributed by atoms with E-state index in [1.54, 1.807) is 26.2 Å². The third kappa shape index (κ3) is 3.96. The summed E-state index contributed by atoms with van der Waals surface area (Å²) in [5, 5.41) is 13.7. The first kappa shape index (κ1) is 16.3. The van der Waals surface area contributed by atoms with Gasteiger partial charge in [0.25, 0.3) is 0 Å². The number of amides is 1. The Bertz CT molecular complexity index is 495. The van der Waals surface area contributed by atoms with Gasteiger partial charge in [0.15, 0.2) is 0 Å². The average Bonchev–Trinajstić information content (AvgIpc) is 3.25. The van der Waals surface area contributed by atoms with Gasteiger partial charge in [0, 0.05) is 31.7 Å². The fraction of sp³-hybridized carbons (Fsp3) is 0.562. The maximum atomic E-state index is 12.4. The van der Waals surface area contributed by atoms with Gasteiger partial charge in [-0.05, 0) is 37.5 Å². The molecule has 1 saturated carbocycles. The molecule has 0 radical (unpaired) electrons. The topological polar surface area (TPSA) is 58.6 Å². The molecule has 0 heterocycles. The largest absolute Gasteiger partial charge is 0.388 e. The number of ether oxygens (including phenoxy) is 1. The summed E-state index contributed by atoms with van der Waals surface area (Å²) >= 11 is 5.89. The van der Waals surface area contributed by atoms with Gasteiger partial charge >= 0.3 is 0 Å². The normalized spacial score (nSPS) is 18.9. The minimum atomic E-state index is -0.957. The highest BCUT2D eigenvalue weighted by Crippen LogP contribution is 2.48. The van der Waals surface area contributed by atoms with Gasteiger partial charge in [-0.25, -0.2) is 0 Å². The first-order chi connectivity index (χ1) is 9.89. The van der Waals surface area contributed by atoms with Gasteiger partial charge in [-0.15, -0.1) is 0 Å². The highest BCUT2D eigenvalue weighted by Gasteiger charge is 2.51. The Kier molecular flexibility index (Phi) is 4.91. The number of halogens is 1. The molecule has 1 aromatic rings. The molecule has 1 unspecified atom stereocenters. The standard InChI is InChI=1S/C16H22ClNO3/c1-15(20,9-10-21-2)11-18-14(19)16(7-8-16)12-3-5-13(17)6-4-12/h3-6,20H,7-11H2,1-2H3,(H,18,19). The number of hydrogen-bond donors (Lipinski definition) is 2. The molecule has 2 N–H and O–H groups in total. The Balaban J connectivity index is 1.95. The molecule has 4 nitrogen and oxygen atoms in total. The van der Waals surface area contributed by atoms with E-state index in [1.807, 2.05) is 12.1 Å². The number of nitrogens with one attached hydrogen (secondary N) is 1. The van der Waals surface area contributed by atoms with Crippen LogP contribution in [0.1, 0.15) is 31.7 Å². The van der Waals surface area contributed by atoms with E-state index in [4.69, 9.17) is 16.3 Å². The van der Waals surface area contributed by atoms with Gasteiger partial charge in [0.05, 0.1) is 11.0 Å². The molecule has 116 valence electrons. The number of aliphatic hydroxyl groups is 1. The second-order valence-electron chi connectivity index (χ2n) is 6.01. The molecule has 0 spiro atoms. The van der Waals surface area contributed by atoms with Gasteiger partial charge in [0.2, 0.25) is 5.91 Å². The van der Waals surface area contributed by atoms with Crippen molar-refractivity contribution in [1.29, 1.82) is 0 Å². The number of carbonyl (C=O) groups is 1. The molecule has 1 fully saturated rings. The van der Waals surface area contributed by atoms with E-state index in [2.05, 4.69) is 5.32 Å². The maximum absolute atomic E-state index is 12.4. The van der Waals surface area contributed by atoms with E-state index in [1.165, 1.54) is 0 Å². The van der Waals surface area contributed by atoms with Crippen molar-refractivity contribution in [3.05, 3.63) is 34.9 Å². The Morgan fingerprint density at radius 1 is 1.43 bits per heavy atom. The van der Waals surface area contributed by atoms with Crippen LogP contribution in [0.3, 0.4) is 0 Å². The highest BCUT2D eigenvalue weighted by molar-refractivity contribution is 6.30. The number of methoxy groups -OCH3 is 1. The minimum Gasteiger partial charge on any atom is -0.388 e. The Hall–Kier alpha value is -1.10. The number of hydrogen-bond acceptors (Lipinski definition) is 3. The maximum Gasteiger partial charge on any atom is 0.230 e. The van der Waals surface area contributed by atoms with E-state index in [9.17, 15) is 9.90 Å². The summed E-state index contributed by atoms with van der Waals surface area (Å²) in [5.41, 5.74) is -0.412. The van der Waals surface area contributed by atoms with E-state index in [0.29, 0.717) is 18.1 Å². The van der Waals surface area contributed by atoms with Gasteiger partial charge in [-0.2, -0.15) is 0 Å². The fourth-order valence-electron chi connectivity index (χ4n) is 2.39. The van der Waals surface area contributed by atoms with Crippen molar-refractivity contribution < 1.29 is 14.6 Å². The molecule has 5 heteroatoms. The molecular weight excluding hydrogens is 290 g/mol. The molecular formula is C16H22ClNO3. The molecule has 0 aliphatic heterocycles. The number of carbonyl (C=O) groups excluding carboxylic acids is 1. The lowest BCUT2D eigenvalue weighted by Crippen LogP contribution is -2.45. The molecule has 1 aliphatic rings. The Labute approximate surface area is 130 Å². The molecule has 2 rings (SSSR count). The predicted molar refractivity (Wildman–Crippen MR) is 82.5 cm³/mol. The van der Waals surface area contributed by atoms with Crippen LogP contribution in [0.15, 0.2) is 24.3 Å². The smallest absolute Gasteiger partial charge is 0.230 e. The molecule has 0 bridgehead atoms.